The lowest BCUT2D eigenvalue weighted by Gasteiger charge is -2.24. The van der Waals surface area contributed by atoms with Gasteiger partial charge in [-0.1, -0.05) is 0 Å². The lowest BCUT2D eigenvalue weighted by Crippen LogP contribution is -2.40. The molecular formula is C12H16N6O. The van der Waals surface area contributed by atoms with E-state index in [1.165, 1.54) is 17.2 Å². The Morgan fingerprint density at radius 1 is 1.37 bits per heavy atom. The van der Waals surface area contributed by atoms with Crippen LogP contribution < -0.4 is 15.9 Å². The van der Waals surface area contributed by atoms with Crippen LogP contribution in [0.1, 0.15) is 12.8 Å². The maximum absolute atomic E-state index is 11.4. The summed E-state index contributed by atoms with van der Waals surface area (Å²) in [5.41, 5.74) is 0.378. The number of rotatable bonds is 1. The number of H-pyrrole nitrogens is 1. The third-order valence-electron chi connectivity index (χ3n) is 4.22. The van der Waals surface area contributed by atoms with Crippen LogP contribution in [0, 0.1) is 5.92 Å². The molecule has 0 saturated carbocycles. The molecule has 2 N–H and O–H groups in total. The Hall–Kier alpha value is -1.89. The van der Waals surface area contributed by atoms with Crippen molar-refractivity contribution in [2.45, 2.75) is 18.9 Å². The number of aromatic amines is 1. The summed E-state index contributed by atoms with van der Waals surface area (Å²) in [6.45, 7) is 3.15. The number of hydrogen-bond acceptors (Lipinski definition) is 5. The van der Waals surface area contributed by atoms with Crippen molar-refractivity contribution < 1.29 is 0 Å². The average molecular weight is 260 g/mol. The zero-order chi connectivity index (χ0) is 12.8. The van der Waals surface area contributed by atoms with Gasteiger partial charge in [0.2, 0.25) is 0 Å². The van der Waals surface area contributed by atoms with E-state index in [2.05, 4.69) is 25.4 Å². The summed E-state index contributed by atoms with van der Waals surface area (Å²) in [5, 5.41) is 9.99. The van der Waals surface area contributed by atoms with Gasteiger partial charge >= 0.3 is 5.69 Å². The summed E-state index contributed by atoms with van der Waals surface area (Å²) in [6.07, 6.45) is 4.10. The van der Waals surface area contributed by atoms with Crippen LogP contribution in [0.2, 0.25) is 0 Å². The molecule has 0 bridgehead atoms. The van der Waals surface area contributed by atoms with E-state index in [0.29, 0.717) is 17.6 Å². The van der Waals surface area contributed by atoms with E-state index in [0.717, 1.165) is 25.5 Å². The first-order valence-electron chi connectivity index (χ1n) is 6.72. The van der Waals surface area contributed by atoms with Gasteiger partial charge in [-0.05, 0) is 25.3 Å². The number of hydrogen-bond donors (Lipinski definition) is 2. The molecule has 7 heteroatoms. The normalized spacial score (nSPS) is 26.8. The van der Waals surface area contributed by atoms with E-state index in [9.17, 15) is 4.79 Å². The second kappa shape index (κ2) is 4.06. The third kappa shape index (κ3) is 1.73. The second-order valence-electron chi connectivity index (χ2n) is 5.37. The summed E-state index contributed by atoms with van der Waals surface area (Å²) < 4.78 is 1.42. The summed E-state index contributed by atoms with van der Waals surface area (Å²) in [6, 6.07) is 2.45. The predicted octanol–water partition coefficient (Wildman–Crippen LogP) is -0.394. The van der Waals surface area contributed by atoms with E-state index < -0.39 is 0 Å². The number of nitrogens with one attached hydrogen (secondary N) is 2. The third-order valence-corrected chi connectivity index (χ3v) is 4.22. The quantitative estimate of drug-likeness (QED) is 0.730. The number of aromatic nitrogens is 4. The molecule has 100 valence electrons. The lowest BCUT2D eigenvalue weighted by molar-refractivity contribution is 0.340. The van der Waals surface area contributed by atoms with Crippen molar-refractivity contribution in [1.29, 1.82) is 0 Å². The van der Waals surface area contributed by atoms with Gasteiger partial charge < -0.3 is 10.2 Å². The number of anilines is 1. The van der Waals surface area contributed by atoms with Crippen LogP contribution in [0.15, 0.2) is 17.2 Å². The molecule has 19 heavy (non-hydrogen) atoms. The van der Waals surface area contributed by atoms with Gasteiger partial charge in [0.25, 0.3) is 0 Å². The van der Waals surface area contributed by atoms with Crippen molar-refractivity contribution in [1.82, 2.24) is 24.9 Å². The van der Waals surface area contributed by atoms with Gasteiger partial charge in [0.1, 0.15) is 12.1 Å². The lowest BCUT2D eigenvalue weighted by atomic mass is 9.94. The van der Waals surface area contributed by atoms with E-state index >= 15 is 0 Å². The summed E-state index contributed by atoms with van der Waals surface area (Å²) >= 11 is 0. The van der Waals surface area contributed by atoms with Crippen LogP contribution in [0.25, 0.3) is 5.65 Å². The Morgan fingerprint density at radius 3 is 3.21 bits per heavy atom. The van der Waals surface area contributed by atoms with Crippen LogP contribution in [0.5, 0.6) is 0 Å². The van der Waals surface area contributed by atoms with Crippen molar-refractivity contribution in [3.8, 4) is 0 Å². The number of fused-ring (bicyclic) bond motifs is 2. The molecule has 4 rings (SSSR count). The molecule has 7 nitrogen and oxygen atoms in total. The highest BCUT2D eigenvalue weighted by atomic mass is 16.1. The Kier molecular flexibility index (Phi) is 2.34. The standard InChI is InChI=1S/C12H16N6O/c19-12-16-15-11-4-10(14-7-18(11)12)17-5-8-2-1-3-13-9(8)6-17/h4,7-9,13H,1-3,5-6H2,(H,16,19). The van der Waals surface area contributed by atoms with Crippen molar-refractivity contribution in [2.75, 3.05) is 24.5 Å². The Bertz CT molecular complexity index is 648. The molecule has 2 saturated heterocycles. The minimum absolute atomic E-state index is 0.245. The minimum Gasteiger partial charge on any atom is -0.355 e. The smallest absolute Gasteiger partial charge is 0.348 e. The molecule has 2 fully saturated rings. The maximum atomic E-state index is 11.4. The minimum atomic E-state index is -0.245. The molecule has 4 heterocycles. The molecule has 2 aliphatic rings. The molecular weight excluding hydrogens is 244 g/mol. The van der Waals surface area contributed by atoms with E-state index in [1.54, 1.807) is 6.33 Å². The topological polar surface area (TPSA) is 78.3 Å². The largest absolute Gasteiger partial charge is 0.355 e. The first-order valence-corrected chi connectivity index (χ1v) is 6.72. The fourth-order valence-electron chi connectivity index (χ4n) is 3.21. The fourth-order valence-corrected chi connectivity index (χ4v) is 3.21. The summed E-state index contributed by atoms with van der Waals surface area (Å²) in [7, 11) is 0. The predicted molar refractivity (Wildman–Crippen MR) is 70.3 cm³/mol. The molecule has 0 aromatic carbocycles. The van der Waals surface area contributed by atoms with Crippen LogP contribution in [-0.2, 0) is 0 Å². The molecule has 0 radical (unpaired) electrons. The van der Waals surface area contributed by atoms with Crippen molar-refractivity contribution in [3.63, 3.8) is 0 Å². The highest BCUT2D eigenvalue weighted by molar-refractivity contribution is 5.51. The first kappa shape index (κ1) is 11.0. The summed E-state index contributed by atoms with van der Waals surface area (Å²) in [4.78, 5) is 18.1. The van der Waals surface area contributed by atoms with Gasteiger partial charge in [0.15, 0.2) is 5.65 Å². The zero-order valence-corrected chi connectivity index (χ0v) is 10.5. The Balaban J connectivity index is 1.65. The van der Waals surface area contributed by atoms with Crippen LogP contribution in [0.3, 0.4) is 0 Å². The molecule has 2 aliphatic heterocycles. The van der Waals surface area contributed by atoms with E-state index in [-0.39, 0.29) is 5.69 Å². The van der Waals surface area contributed by atoms with Gasteiger partial charge in [-0.15, -0.1) is 0 Å². The van der Waals surface area contributed by atoms with Crippen LogP contribution >= 0.6 is 0 Å². The van der Waals surface area contributed by atoms with E-state index in [4.69, 9.17) is 0 Å². The van der Waals surface area contributed by atoms with E-state index in [1.807, 2.05) is 6.07 Å². The van der Waals surface area contributed by atoms with Crippen LogP contribution in [0.4, 0.5) is 5.82 Å². The Labute approximate surface area is 109 Å². The molecule has 0 spiro atoms. The van der Waals surface area contributed by atoms with Gasteiger partial charge in [-0.2, -0.15) is 5.10 Å². The van der Waals surface area contributed by atoms with Gasteiger partial charge in [-0.25, -0.2) is 19.3 Å². The van der Waals surface area contributed by atoms with Crippen molar-refractivity contribution >= 4 is 11.5 Å². The molecule has 0 amide bonds. The molecule has 2 aromatic rings. The molecule has 2 atom stereocenters. The van der Waals surface area contributed by atoms with Gasteiger partial charge in [0, 0.05) is 25.2 Å². The van der Waals surface area contributed by atoms with Gasteiger partial charge in [-0.3, -0.25) is 0 Å². The number of piperidine rings is 1. The highest BCUT2D eigenvalue weighted by Gasteiger charge is 2.34. The van der Waals surface area contributed by atoms with Crippen LogP contribution in [-0.4, -0.2) is 45.3 Å². The maximum Gasteiger partial charge on any atom is 0.348 e. The second-order valence-corrected chi connectivity index (χ2v) is 5.37. The average Bonchev–Trinajstić information content (AvgIpc) is 3.02. The SMILES string of the molecule is O=c1[nH]nc2cc(N3CC4CCCNC4C3)ncn12. The number of nitrogens with zero attached hydrogens (tertiary/aromatic N) is 4. The first-order chi connectivity index (χ1) is 9.31. The Morgan fingerprint density at radius 2 is 2.32 bits per heavy atom. The monoisotopic (exact) mass is 260 g/mol. The zero-order valence-electron chi connectivity index (χ0n) is 10.5. The van der Waals surface area contributed by atoms with Crippen molar-refractivity contribution in [3.05, 3.63) is 22.9 Å². The molecule has 2 aromatic heterocycles. The van der Waals surface area contributed by atoms with Crippen molar-refractivity contribution in [2.24, 2.45) is 5.92 Å². The summed E-state index contributed by atoms with van der Waals surface area (Å²) in [5.74, 6) is 1.62. The molecule has 0 aliphatic carbocycles. The fraction of sp³-hybridized carbons (Fsp3) is 0.583. The highest BCUT2D eigenvalue weighted by Crippen LogP contribution is 2.28. The molecule has 2 unspecified atom stereocenters. The van der Waals surface area contributed by atoms with Gasteiger partial charge in [0.05, 0.1) is 0 Å².